The second kappa shape index (κ2) is 9.47. The molecule has 0 unspecified atom stereocenters. The van der Waals surface area contributed by atoms with Crippen LogP contribution in [0.5, 0.6) is 0 Å². The van der Waals surface area contributed by atoms with Gasteiger partial charge in [-0.2, -0.15) is 0 Å². The molecule has 2 fully saturated rings. The second-order valence-corrected chi connectivity index (χ2v) is 8.59. The maximum Gasteiger partial charge on any atom is 0.225 e. The summed E-state index contributed by atoms with van der Waals surface area (Å²) in [5.41, 5.74) is 2.47. The molecule has 2 saturated carbocycles. The monoisotopic (exact) mass is 395 g/mol. The summed E-state index contributed by atoms with van der Waals surface area (Å²) in [6, 6.07) is 6.34. The van der Waals surface area contributed by atoms with Gasteiger partial charge in [0.25, 0.3) is 0 Å². The van der Waals surface area contributed by atoms with Crippen LogP contribution in [-0.2, 0) is 4.79 Å². The molecule has 29 heavy (non-hydrogen) atoms. The van der Waals surface area contributed by atoms with E-state index in [9.17, 15) is 9.18 Å². The molecule has 0 spiro atoms. The quantitative estimate of drug-likeness (QED) is 0.652. The van der Waals surface area contributed by atoms with Gasteiger partial charge in [0.2, 0.25) is 5.91 Å². The SMILES string of the molecule is O=C(CC1CCCCC1)Nc1ncc(-c2ccc(F)cc2)nc1C1CCCCC1. The Kier molecular flexibility index (Phi) is 6.53. The largest absolute Gasteiger partial charge is 0.309 e. The Morgan fingerprint density at radius 2 is 1.62 bits per heavy atom. The fourth-order valence-corrected chi connectivity index (χ4v) is 4.76. The number of rotatable bonds is 5. The topological polar surface area (TPSA) is 54.9 Å². The van der Waals surface area contributed by atoms with E-state index in [4.69, 9.17) is 4.98 Å². The Balaban J connectivity index is 1.56. The number of carbonyl (C=O) groups is 1. The zero-order valence-electron chi connectivity index (χ0n) is 17.0. The molecular formula is C24H30FN3O. The molecule has 0 saturated heterocycles. The first-order chi connectivity index (χ1) is 14.2. The number of benzene rings is 1. The van der Waals surface area contributed by atoms with Crippen molar-refractivity contribution in [3.05, 3.63) is 42.0 Å². The van der Waals surface area contributed by atoms with Crippen molar-refractivity contribution >= 4 is 11.7 Å². The summed E-state index contributed by atoms with van der Waals surface area (Å²) >= 11 is 0. The number of halogens is 1. The predicted molar refractivity (Wildman–Crippen MR) is 113 cm³/mol. The smallest absolute Gasteiger partial charge is 0.225 e. The number of hydrogen-bond acceptors (Lipinski definition) is 3. The van der Waals surface area contributed by atoms with Crippen LogP contribution in [0.4, 0.5) is 10.2 Å². The Morgan fingerprint density at radius 1 is 0.966 bits per heavy atom. The molecular weight excluding hydrogens is 365 g/mol. The average Bonchev–Trinajstić information content (AvgIpc) is 2.76. The van der Waals surface area contributed by atoms with Gasteiger partial charge in [0, 0.05) is 17.9 Å². The zero-order valence-corrected chi connectivity index (χ0v) is 17.0. The third kappa shape index (κ3) is 5.20. The molecule has 2 aromatic rings. The minimum absolute atomic E-state index is 0.0535. The van der Waals surface area contributed by atoms with Crippen molar-refractivity contribution in [3.8, 4) is 11.3 Å². The van der Waals surface area contributed by atoms with Crippen LogP contribution in [0.25, 0.3) is 11.3 Å². The van der Waals surface area contributed by atoms with Crippen molar-refractivity contribution in [2.45, 2.75) is 76.5 Å². The fourth-order valence-electron chi connectivity index (χ4n) is 4.76. The van der Waals surface area contributed by atoms with E-state index in [1.165, 1.54) is 50.7 Å². The van der Waals surface area contributed by atoms with Crippen LogP contribution in [0.3, 0.4) is 0 Å². The van der Waals surface area contributed by atoms with Crippen LogP contribution in [0, 0.1) is 11.7 Å². The number of carbonyl (C=O) groups excluding carboxylic acids is 1. The number of amides is 1. The molecule has 1 aromatic carbocycles. The first-order valence-corrected chi connectivity index (χ1v) is 11.1. The number of nitrogens with one attached hydrogen (secondary N) is 1. The molecule has 4 rings (SSSR count). The highest BCUT2D eigenvalue weighted by atomic mass is 19.1. The van der Waals surface area contributed by atoms with Crippen molar-refractivity contribution < 1.29 is 9.18 Å². The lowest BCUT2D eigenvalue weighted by molar-refractivity contribution is -0.117. The van der Waals surface area contributed by atoms with Gasteiger partial charge >= 0.3 is 0 Å². The predicted octanol–water partition coefficient (Wildman–Crippen LogP) is 6.24. The van der Waals surface area contributed by atoms with E-state index in [2.05, 4.69) is 10.3 Å². The van der Waals surface area contributed by atoms with E-state index in [0.717, 1.165) is 42.6 Å². The Morgan fingerprint density at radius 3 is 2.31 bits per heavy atom. The molecule has 2 aliphatic rings. The third-order valence-electron chi connectivity index (χ3n) is 6.39. The van der Waals surface area contributed by atoms with Gasteiger partial charge in [-0.15, -0.1) is 0 Å². The van der Waals surface area contributed by atoms with Crippen LogP contribution >= 0.6 is 0 Å². The van der Waals surface area contributed by atoms with E-state index in [-0.39, 0.29) is 11.7 Å². The van der Waals surface area contributed by atoms with Crippen molar-refractivity contribution in [1.29, 1.82) is 0 Å². The summed E-state index contributed by atoms with van der Waals surface area (Å²) < 4.78 is 13.3. The fraction of sp³-hybridized carbons (Fsp3) is 0.542. The van der Waals surface area contributed by atoms with Crippen LogP contribution in [0.1, 0.15) is 82.2 Å². The minimum Gasteiger partial charge on any atom is -0.309 e. The molecule has 0 atom stereocenters. The number of hydrogen-bond donors (Lipinski definition) is 1. The lowest BCUT2D eigenvalue weighted by Gasteiger charge is -2.24. The van der Waals surface area contributed by atoms with Gasteiger partial charge in [-0.05, 0) is 55.9 Å². The van der Waals surface area contributed by atoms with Gasteiger partial charge in [0.05, 0.1) is 17.6 Å². The summed E-state index contributed by atoms with van der Waals surface area (Å²) in [7, 11) is 0. The highest BCUT2D eigenvalue weighted by Crippen LogP contribution is 2.36. The lowest BCUT2D eigenvalue weighted by Crippen LogP contribution is -2.21. The maximum atomic E-state index is 13.3. The molecule has 5 heteroatoms. The van der Waals surface area contributed by atoms with E-state index < -0.39 is 0 Å². The van der Waals surface area contributed by atoms with Gasteiger partial charge in [0.15, 0.2) is 5.82 Å². The molecule has 154 valence electrons. The summed E-state index contributed by atoms with van der Waals surface area (Å²) in [4.78, 5) is 22.2. The standard InChI is InChI=1S/C24H30FN3O/c25-20-13-11-18(12-14-20)21-16-26-24(23(27-21)19-9-5-2-6-10-19)28-22(29)15-17-7-3-1-4-8-17/h11-14,16-17,19H,1-10,15H2,(H,26,28,29). The summed E-state index contributed by atoms with van der Waals surface area (Å²) in [5, 5.41) is 3.07. The molecule has 0 aliphatic heterocycles. The Labute approximate surface area is 172 Å². The molecule has 1 N–H and O–H groups in total. The third-order valence-corrected chi connectivity index (χ3v) is 6.39. The van der Waals surface area contributed by atoms with Crippen molar-refractivity contribution in [1.82, 2.24) is 9.97 Å². The molecule has 2 aliphatic carbocycles. The zero-order chi connectivity index (χ0) is 20.1. The van der Waals surface area contributed by atoms with Crippen LogP contribution in [0.15, 0.2) is 30.5 Å². The highest BCUT2D eigenvalue weighted by molar-refractivity contribution is 5.90. The van der Waals surface area contributed by atoms with E-state index in [0.29, 0.717) is 24.1 Å². The average molecular weight is 396 g/mol. The van der Waals surface area contributed by atoms with E-state index in [1.54, 1.807) is 18.3 Å². The van der Waals surface area contributed by atoms with Crippen LogP contribution < -0.4 is 5.32 Å². The molecule has 1 aromatic heterocycles. The molecule has 1 heterocycles. The maximum absolute atomic E-state index is 13.3. The Hall–Kier alpha value is -2.30. The number of anilines is 1. The number of nitrogens with zero attached hydrogens (tertiary/aromatic N) is 2. The lowest BCUT2D eigenvalue weighted by atomic mass is 9.86. The highest BCUT2D eigenvalue weighted by Gasteiger charge is 2.24. The first kappa shape index (κ1) is 20.0. The molecule has 4 nitrogen and oxygen atoms in total. The number of aromatic nitrogens is 2. The van der Waals surface area contributed by atoms with Crippen LogP contribution in [-0.4, -0.2) is 15.9 Å². The first-order valence-electron chi connectivity index (χ1n) is 11.1. The van der Waals surface area contributed by atoms with E-state index in [1.807, 2.05) is 0 Å². The van der Waals surface area contributed by atoms with Crippen molar-refractivity contribution in [3.63, 3.8) is 0 Å². The summed E-state index contributed by atoms with van der Waals surface area (Å²) in [6.07, 6.45) is 14.1. The second-order valence-electron chi connectivity index (χ2n) is 8.59. The van der Waals surface area contributed by atoms with E-state index >= 15 is 0 Å². The summed E-state index contributed by atoms with van der Waals surface area (Å²) in [5.74, 6) is 1.22. The van der Waals surface area contributed by atoms with Crippen molar-refractivity contribution in [2.24, 2.45) is 5.92 Å². The normalized spacial score (nSPS) is 18.5. The van der Waals surface area contributed by atoms with Gasteiger partial charge in [-0.25, -0.2) is 14.4 Å². The molecule has 0 bridgehead atoms. The summed E-state index contributed by atoms with van der Waals surface area (Å²) in [6.45, 7) is 0. The Bertz CT molecular complexity index is 825. The molecule has 1 amide bonds. The minimum atomic E-state index is -0.263. The van der Waals surface area contributed by atoms with Gasteiger partial charge < -0.3 is 5.32 Å². The van der Waals surface area contributed by atoms with Crippen LogP contribution in [0.2, 0.25) is 0 Å². The van der Waals surface area contributed by atoms with Gasteiger partial charge in [-0.3, -0.25) is 4.79 Å². The van der Waals surface area contributed by atoms with Gasteiger partial charge in [-0.1, -0.05) is 38.5 Å². The van der Waals surface area contributed by atoms with Crippen molar-refractivity contribution in [2.75, 3.05) is 5.32 Å². The molecule has 0 radical (unpaired) electrons. The van der Waals surface area contributed by atoms with Gasteiger partial charge in [0.1, 0.15) is 5.82 Å².